The largest absolute Gasteiger partial charge is 0.481 e. The van der Waals surface area contributed by atoms with Gasteiger partial charge in [-0.2, -0.15) is 0 Å². The fourth-order valence-electron chi connectivity index (χ4n) is 1.48. The lowest BCUT2D eigenvalue weighted by molar-refractivity contribution is -0.137. The summed E-state index contributed by atoms with van der Waals surface area (Å²) in [6, 6.07) is 6.68. The summed E-state index contributed by atoms with van der Waals surface area (Å²) in [4.78, 5) is 21.9. The van der Waals surface area contributed by atoms with Crippen LogP contribution in [-0.2, 0) is 4.79 Å². The van der Waals surface area contributed by atoms with Gasteiger partial charge in [0.1, 0.15) is 0 Å². The molecule has 0 aromatic heterocycles. The standard InChI is InChI=1S/C13H16ClNO3/c14-11-7-5-10(6-8-11)13(18)15-9-3-1-2-4-12(16)17/h5-8H,1-4,9H2,(H,15,18)(H,16,17). The smallest absolute Gasteiger partial charge is 0.303 e. The van der Waals surface area contributed by atoms with Crippen molar-refractivity contribution in [3.63, 3.8) is 0 Å². The van der Waals surface area contributed by atoms with E-state index in [0.717, 1.165) is 12.8 Å². The average molecular weight is 270 g/mol. The van der Waals surface area contributed by atoms with E-state index < -0.39 is 5.97 Å². The Bertz CT molecular complexity index is 403. The van der Waals surface area contributed by atoms with Crippen LogP contribution in [-0.4, -0.2) is 23.5 Å². The lowest BCUT2D eigenvalue weighted by atomic mass is 10.2. The summed E-state index contributed by atoms with van der Waals surface area (Å²) >= 11 is 5.72. The van der Waals surface area contributed by atoms with Crippen molar-refractivity contribution in [3.8, 4) is 0 Å². The molecular formula is C13H16ClNO3. The first kappa shape index (κ1) is 14.5. The molecule has 5 heteroatoms. The highest BCUT2D eigenvalue weighted by atomic mass is 35.5. The van der Waals surface area contributed by atoms with Gasteiger partial charge in [-0.3, -0.25) is 9.59 Å². The number of carbonyl (C=O) groups is 2. The zero-order valence-corrected chi connectivity index (χ0v) is 10.7. The van der Waals surface area contributed by atoms with Gasteiger partial charge in [-0.15, -0.1) is 0 Å². The van der Waals surface area contributed by atoms with E-state index in [1.807, 2.05) is 0 Å². The lowest BCUT2D eigenvalue weighted by Gasteiger charge is -2.04. The number of carbonyl (C=O) groups excluding carboxylic acids is 1. The Morgan fingerprint density at radius 1 is 1.11 bits per heavy atom. The Kier molecular flexibility index (Phi) is 6.22. The van der Waals surface area contributed by atoms with E-state index in [2.05, 4.69) is 5.32 Å². The van der Waals surface area contributed by atoms with Crippen LogP contribution < -0.4 is 5.32 Å². The Morgan fingerprint density at radius 2 is 1.78 bits per heavy atom. The molecule has 0 aliphatic carbocycles. The fraction of sp³-hybridized carbons (Fsp3) is 0.385. The Morgan fingerprint density at radius 3 is 2.39 bits per heavy atom. The predicted molar refractivity (Wildman–Crippen MR) is 69.9 cm³/mol. The molecule has 0 bridgehead atoms. The van der Waals surface area contributed by atoms with Crippen LogP contribution in [0, 0.1) is 0 Å². The summed E-state index contributed by atoms with van der Waals surface area (Å²) in [6.45, 7) is 0.557. The Balaban J connectivity index is 2.17. The number of aliphatic carboxylic acids is 1. The molecule has 4 nitrogen and oxygen atoms in total. The van der Waals surface area contributed by atoms with Crippen molar-refractivity contribution in [2.24, 2.45) is 0 Å². The summed E-state index contributed by atoms with van der Waals surface area (Å²) in [7, 11) is 0. The second-order valence-electron chi connectivity index (χ2n) is 3.97. The highest BCUT2D eigenvalue weighted by Crippen LogP contribution is 2.09. The maximum Gasteiger partial charge on any atom is 0.303 e. The zero-order chi connectivity index (χ0) is 13.4. The first-order chi connectivity index (χ1) is 8.59. The molecule has 0 radical (unpaired) electrons. The number of hydrogen-bond donors (Lipinski definition) is 2. The van der Waals surface area contributed by atoms with Crippen LogP contribution in [0.15, 0.2) is 24.3 Å². The van der Waals surface area contributed by atoms with E-state index in [-0.39, 0.29) is 12.3 Å². The van der Waals surface area contributed by atoms with E-state index in [1.165, 1.54) is 0 Å². The lowest BCUT2D eigenvalue weighted by Crippen LogP contribution is -2.24. The summed E-state index contributed by atoms with van der Waals surface area (Å²) in [5, 5.41) is 11.8. The van der Waals surface area contributed by atoms with Crippen molar-refractivity contribution in [3.05, 3.63) is 34.9 Å². The molecule has 0 spiro atoms. The summed E-state index contributed by atoms with van der Waals surface area (Å²) in [6.07, 6.45) is 2.41. The molecule has 98 valence electrons. The van der Waals surface area contributed by atoms with Crippen LogP contribution >= 0.6 is 11.6 Å². The van der Waals surface area contributed by atoms with Gasteiger partial charge in [0, 0.05) is 23.6 Å². The molecule has 0 aliphatic rings. The van der Waals surface area contributed by atoms with Crippen molar-refractivity contribution in [1.29, 1.82) is 0 Å². The van der Waals surface area contributed by atoms with Crippen molar-refractivity contribution >= 4 is 23.5 Å². The van der Waals surface area contributed by atoms with Crippen molar-refractivity contribution in [2.45, 2.75) is 25.7 Å². The minimum absolute atomic E-state index is 0.134. The zero-order valence-electron chi connectivity index (χ0n) is 9.99. The van der Waals surface area contributed by atoms with E-state index in [9.17, 15) is 9.59 Å². The fourth-order valence-corrected chi connectivity index (χ4v) is 1.61. The van der Waals surface area contributed by atoms with Gasteiger partial charge in [0.15, 0.2) is 0 Å². The number of rotatable bonds is 7. The molecule has 0 saturated carbocycles. The molecule has 2 N–H and O–H groups in total. The molecule has 0 heterocycles. The summed E-state index contributed by atoms with van der Waals surface area (Å²) < 4.78 is 0. The molecular weight excluding hydrogens is 254 g/mol. The third-order valence-electron chi connectivity index (χ3n) is 2.46. The summed E-state index contributed by atoms with van der Waals surface area (Å²) in [5.41, 5.74) is 0.574. The first-order valence-corrected chi connectivity index (χ1v) is 6.23. The number of nitrogens with one attached hydrogen (secondary N) is 1. The first-order valence-electron chi connectivity index (χ1n) is 5.85. The minimum atomic E-state index is -0.778. The molecule has 0 saturated heterocycles. The molecule has 1 aromatic carbocycles. The molecule has 0 aliphatic heterocycles. The number of amides is 1. The molecule has 1 amide bonds. The van der Waals surface area contributed by atoms with Gasteiger partial charge in [-0.25, -0.2) is 0 Å². The molecule has 1 rings (SSSR count). The van der Waals surface area contributed by atoms with Crippen molar-refractivity contribution in [2.75, 3.05) is 6.54 Å². The third-order valence-corrected chi connectivity index (χ3v) is 2.71. The normalized spacial score (nSPS) is 10.1. The maximum atomic E-state index is 11.6. The third kappa shape index (κ3) is 5.68. The molecule has 0 atom stereocenters. The summed E-state index contributed by atoms with van der Waals surface area (Å²) in [5.74, 6) is -0.912. The van der Waals surface area contributed by atoms with E-state index in [4.69, 9.17) is 16.7 Å². The van der Waals surface area contributed by atoms with E-state index >= 15 is 0 Å². The minimum Gasteiger partial charge on any atom is -0.481 e. The number of carboxylic acid groups (broad SMARTS) is 1. The Hall–Kier alpha value is -1.55. The van der Waals surface area contributed by atoms with Crippen LogP contribution in [0.25, 0.3) is 0 Å². The van der Waals surface area contributed by atoms with Gasteiger partial charge in [0.2, 0.25) is 0 Å². The molecule has 18 heavy (non-hydrogen) atoms. The van der Waals surface area contributed by atoms with Gasteiger partial charge in [0.05, 0.1) is 0 Å². The van der Waals surface area contributed by atoms with Crippen LogP contribution in [0.3, 0.4) is 0 Å². The average Bonchev–Trinajstić information content (AvgIpc) is 2.34. The molecule has 0 unspecified atom stereocenters. The van der Waals surface area contributed by atoms with Gasteiger partial charge in [-0.1, -0.05) is 18.0 Å². The van der Waals surface area contributed by atoms with Gasteiger partial charge >= 0.3 is 5.97 Å². The quantitative estimate of drug-likeness (QED) is 0.748. The topological polar surface area (TPSA) is 66.4 Å². The number of hydrogen-bond acceptors (Lipinski definition) is 2. The predicted octanol–water partition coefficient (Wildman–Crippen LogP) is 2.71. The maximum absolute atomic E-state index is 11.6. The van der Waals surface area contributed by atoms with Crippen molar-refractivity contribution < 1.29 is 14.7 Å². The van der Waals surface area contributed by atoms with Gasteiger partial charge in [-0.05, 0) is 37.1 Å². The molecule has 0 fully saturated rings. The van der Waals surface area contributed by atoms with E-state index in [0.29, 0.717) is 23.6 Å². The second kappa shape index (κ2) is 7.71. The van der Waals surface area contributed by atoms with Crippen LogP contribution in [0.4, 0.5) is 0 Å². The Labute approximate surface area is 111 Å². The van der Waals surface area contributed by atoms with Gasteiger partial charge < -0.3 is 10.4 Å². The number of benzene rings is 1. The van der Waals surface area contributed by atoms with E-state index in [1.54, 1.807) is 24.3 Å². The SMILES string of the molecule is O=C(O)CCCCCNC(=O)c1ccc(Cl)cc1. The monoisotopic (exact) mass is 269 g/mol. The van der Waals surface area contributed by atoms with Crippen LogP contribution in [0.5, 0.6) is 0 Å². The number of unbranched alkanes of at least 4 members (excludes halogenated alkanes) is 2. The number of carboxylic acids is 1. The van der Waals surface area contributed by atoms with Crippen molar-refractivity contribution in [1.82, 2.24) is 5.32 Å². The van der Waals surface area contributed by atoms with Crippen LogP contribution in [0.2, 0.25) is 5.02 Å². The van der Waals surface area contributed by atoms with Gasteiger partial charge in [0.25, 0.3) is 5.91 Å². The number of halogens is 1. The second-order valence-corrected chi connectivity index (χ2v) is 4.40. The highest BCUT2D eigenvalue weighted by Gasteiger charge is 2.04. The highest BCUT2D eigenvalue weighted by molar-refractivity contribution is 6.30. The van der Waals surface area contributed by atoms with Crippen LogP contribution in [0.1, 0.15) is 36.0 Å². The molecule has 1 aromatic rings.